The van der Waals surface area contributed by atoms with Crippen molar-refractivity contribution in [1.29, 1.82) is 0 Å². The molecular weight excluding hydrogens is 216 g/mol. The highest BCUT2D eigenvalue weighted by molar-refractivity contribution is 6.21. The molecule has 4 nitrogen and oxygen atoms in total. The van der Waals surface area contributed by atoms with Crippen LogP contribution in [0.25, 0.3) is 0 Å². The Bertz CT molecular complexity index is 612. The van der Waals surface area contributed by atoms with Gasteiger partial charge in [0.15, 0.2) is 5.69 Å². The first kappa shape index (κ1) is 9.96. The molecule has 0 radical (unpaired) electrons. The van der Waals surface area contributed by atoms with Crippen LogP contribution in [0.2, 0.25) is 0 Å². The van der Waals surface area contributed by atoms with Crippen molar-refractivity contribution >= 4 is 11.5 Å². The molecule has 0 unspecified atom stereocenters. The van der Waals surface area contributed by atoms with Crippen LogP contribution in [-0.2, 0) is 0 Å². The van der Waals surface area contributed by atoms with E-state index in [1.807, 2.05) is 30.3 Å². The van der Waals surface area contributed by atoms with Crippen LogP contribution in [0.5, 0.6) is 0 Å². The lowest BCUT2D eigenvalue weighted by atomic mass is 9.96. The summed E-state index contributed by atoms with van der Waals surface area (Å²) in [7, 11) is 0. The Balaban J connectivity index is 2.20. The minimum Gasteiger partial charge on any atom is -0.360 e. The van der Waals surface area contributed by atoms with E-state index in [1.165, 1.54) is 0 Å². The Kier molecular flexibility index (Phi) is 2.14. The van der Waals surface area contributed by atoms with Crippen molar-refractivity contribution in [2.75, 3.05) is 6.54 Å². The minimum atomic E-state index is -0.0865. The first-order valence-corrected chi connectivity index (χ1v) is 5.37. The summed E-state index contributed by atoms with van der Waals surface area (Å²) in [6.45, 7) is 1.94. The first-order valence-electron chi connectivity index (χ1n) is 5.37. The highest BCUT2D eigenvalue weighted by Gasteiger charge is 2.27. The average molecular weight is 226 g/mol. The lowest BCUT2D eigenvalue weighted by Crippen LogP contribution is -2.19. The van der Waals surface area contributed by atoms with Gasteiger partial charge >= 0.3 is 0 Å². The standard InChI is InChI=1S/C13H10N2O2/c1-8-11-12(9-5-3-2-4-6-9)14-7-10(16)13(11)15-17-8/h2-6H,7H2,1H3. The fourth-order valence-electron chi connectivity index (χ4n) is 1.98. The number of nitrogens with zero attached hydrogens (tertiary/aromatic N) is 2. The molecule has 0 saturated heterocycles. The predicted molar refractivity (Wildman–Crippen MR) is 62.5 cm³/mol. The molecule has 0 bridgehead atoms. The quantitative estimate of drug-likeness (QED) is 0.747. The highest BCUT2D eigenvalue weighted by Crippen LogP contribution is 2.22. The van der Waals surface area contributed by atoms with E-state index < -0.39 is 0 Å². The number of aliphatic imine (C=N–C) groups is 1. The molecular formula is C13H10N2O2. The molecule has 0 saturated carbocycles. The molecule has 0 fully saturated rings. The Hall–Kier alpha value is -2.23. The number of Topliss-reactive ketones (excluding diaryl/α,β-unsaturated/α-hetero) is 1. The molecule has 84 valence electrons. The van der Waals surface area contributed by atoms with Crippen molar-refractivity contribution in [2.45, 2.75) is 6.92 Å². The van der Waals surface area contributed by atoms with Gasteiger partial charge in [0, 0.05) is 5.56 Å². The topological polar surface area (TPSA) is 55.5 Å². The second-order valence-corrected chi connectivity index (χ2v) is 3.92. The van der Waals surface area contributed by atoms with Gasteiger partial charge in [-0.05, 0) is 6.92 Å². The number of hydrogen-bond acceptors (Lipinski definition) is 4. The molecule has 0 amide bonds. The number of ketones is 1. The van der Waals surface area contributed by atoms with Gasteiger partial charge in [-0.25, -0.2) is 0 Å². The van der Waals surface area contributed by atoms with E-state index in [0.717, 1.165) is 16.8 Å². The van der Waals surface area contributed by atoms with E-state index in [2.05, 4.69) is 10.1 Å². The molecule has 4 heteroatoms. The van der Waals surface area contributed by atoms with Crippen LogP contribution in [-0.4, -0.2) is 23.2 Å². The van der Waals surface area contributed by atoms with Crippen molar-refractivity contribution in [2.24, 2.45) is 4.99 Å². The SMILES string of the molecule is Cc1onc2c1C(c1ccccc1)=NCC2=O. The summed E-state index contributed by atoms with van der Waals surface area (Å²) in [6, 6.07) is 9.75. The Morgan fingerprint density at radius 2 is 2.00 bits per heavy atom. The van der Waals surface area contributed by atoms with Gasteiger partial charge < -0.3 is 4.52 Å². The van der Waals surface area contributed by atoms with Crippen molar-refractivity contribution in [3.8, 4) is 0 Å². The molecule has 0 N–H and O–H groups in total. The Morgan fingerprint density at radius 1 is 1.24 bits per heavy atom. The van der Waals surface area contributed by atoms with Gasteiger partial charge in [0.25, 0.3) is 0 Å². The molecule has 1 aromatic heterocycles. The van der Waals surface area contributed by atoms with Gasteiger partial charge in [-0.2, -0.15) is 0 Å². The normalized spacial score (nSPS) is 14.4. The van der Waals surface area contributed by atoms with E-state index in [-0.39, 0.29) is 12.3 Å². The fraction of sp³-hybridized carbons (Fsp3) is 0.154. The molecule has 3 rings (SSSR count). The van der Waals surface area contributed by atoms with Gasteiger partial charge in [0.1, 0.15) is 12.3 Å². The number of benzene rings is 1. The molecule has 0 spiro atoms. The maximum absolute atomic E-state index is 11.6. The number of carbonyl (C=O) groups excluding carboxylic acids is 1. The van der Waals surface area contributed by atoms with Crippen molar-refractivity contribution in [1.82, 2.24) is 5.16 Å². The monoisotopic (exact) mass is 226 g/mol. The van der Waals surface area contributed by atoms with Crippen LogP contribution in [0.1, 0.15) is 27.4 Å². The highest BCUT2D eigenvalue weighted by atomic mass is 16.5. The third-order valence-electron chi connectivity index (χ3n) is 2.79. The van der Waals surface area contributed by atoms with E-state index in [1.54, 1.807) is 6.92 Å². The largest absolute Gasteiger partial charge is 0.360 e. The van der Waals surface area contributed by atoms with Crippen molar-refractivity contribution < 1.29 is 9.32 Å². The van der Waals surface area contributed by atoms with E-state index in [4.69, 9.17) is 4.52 Å². The zero-order chi connectivity index (χ0) is 11.8. The van der Waals surface area contributed by atoms with Gasteiger partial charge in [-0.3, -0.25) is 9.79 Å². The predicted octanol–water partition coefficient (Wildman–Crippen LogP) is 2.02. The third kappa shape index (κ3) is 1.49. The molecule has 1 aliphatic heterocycles. The van der Waals surface area contributed by atoms with Crippen LogP contribution >= 0.6 is 0 Å². The van der Waals surface area contributed by atoms with E-state index in [0.29, 0.717) is 11.5 Å². The second kappa shape index (κ2) is 3.66. The maximum atomic E-state index is 11.6. The minimum absolute atomic E-state index is 0.0865. The second-order valence-electron chi connectivity index (χ2n) is 3.92. The van der Waals surface area contributed by atoms with Crippen LogP contribution in [0.4, 0.5) is 0 Å². The smallest absolute Gasteiger partial charge is 0.206 e. The first-order chi connectivity index (χ1) is 8.27. The van der Waals surface area contributed by atoms with E-state index in [9.17, 15) is 4.79 Å². The Morgan fingerprint density at radius 3 is 2.76 bits per heavy atom. The zero-order valence-electron chi connectivity index (χ0n) is 9.30. The lowest BCUT2D eigenvalue weighted by Gasteiger charge is -2.11. The molecule has 17 heavy (non-hydrogen) atoms. The number of hydrogen-bond donors (Lipinski definition) is 0. The summed E-state index contributed by atoms with van der Waals surface area (Å²) >= 11 is 0. The summed E-state index contributed by atoms with van der Waals surface area (Å²) in [5, 5.41) is 3.81. The summed E-state index contributed by atoms with van der Waals surface area (Å²) in [6.07, 6.45) is 0. The van der Waals surface area contributed by atoms with Crippen LogP contribution < -0.4 is 0 Å². The lowest BCUT2D eigenvalue weighted by molar-refractivity contribution is 0.0992. The summed E-state index contributed by atoms with van der Waals surface area (Å²) in [5.41, 5.74) is 2.90. The number of carbonyl (C=O) groups is 1. The molecule has 2 heterocycles. The van der Waals surface area contributed by atoms with Crippen LogP contribution in [0.15, 0.2) is 39.8 Å². The van der Waals surface area contributed by atoms with Crippen molar-refractivity contribution in [3.63, 3.8) is 0 Å². The molecule has 0 aliphatic carbocycles. The number of aromatic nitrogens is 1. The van der Waals surface area contributed by atoms with Crippen LogP contribution in [0.3, 0.4) is 0 Å². The van der Waals surface area contributed by atoms with Crippen molar-refractivity contribution in [3.05, 3.63) is 52.9 Å². The molecule has 1 aromatic carbocycles. The zero-order valence-corrected chi connectivity index (χ0v) is 9.30. The fourth-order valence-corrected chi connectivity index (χ4v) is 1.98. The average Bonchev–Trinajstić information content (AvgIpc) is 2.75. The molecule has 2 aromatic rings. The van der Waals surface area contributed by atoms with Gasteiger partial charge in [0.05, 0.1) is 11.3 Å². The summed E-state index contributed by atoms with van der Waals surface area (Å²) < 4.78 is 5.09. The van der Waals surface area contributed by atoms with Gasteiger partial charge in [0.2, 0.25) is 5.78 Å². The van der Waals surface area contributed by atoms with Gasteiger partial charge in [-0.1, -0.05) is 35.5 Å². The number of rotatable bonds is 1. The summed E-state index contributed by atoms with van der Waals surface area (Å²) in [4.78, 5) is 16.0. The maximum Gasteiger partial charge on any atom is 0.206 e. The molecule has 0 atom stereocenters. The third-order valence-corrected chi connectivity index (χ3v) is 2.79. The number of fused-ring (bicyclic) bond motifs is 1. The molecule has 1 aliphatic rings. The van der Waals surface area contributed by atoms with Crippen LogP contribution in [0, 0.1) is 6.92 Å². The number of aryl methyl sites for hydroxylation is 1. The summed E-state index contributed by atoms with van der Waals surface area (Å²) in [5.74, 6) is 0.548. The van der Waals surface area contributed by atoms with E-state index >= 15 is 0 Å². The Labute approximate surface area is 98.0 Å². The van der Waals surface area contributed by atoms with Gasteiger partial charge in [-0.15, -0.1) is 0 Å².